The molecule has 0 saturated carbocycles. The predicted molar refractivity (Wildman–Crippen MR) is 99.0 cm³/mol. The fourth-order valence-electron chi connectivity index (χ4n) is 2.29. The van der Waals surface area contributed by atoms with E-state index in [0.717, 1.165) is 23.1 Å². The van der Waals surface area contributed by atoms with Crippen LogP contribution in [0.1, 0.15) is 44.9 Å². The molecule has 1 unspecified atom stereocenters. The molecule has 5 nitrogen and oxygen atoms in total. The monoisotopic (exact) mass is 329 g/mol. The van der Waals surface area contributed by atoms with Crippen LogP contribution in [0.25, 0.3) is 5.57 Å². The lowest BCUT2D eigenvalue weighted by Gasteiger charge is -2.23. The van der Waals surface area contributed by atoms with Gasteiger partial charge in [0.05, 0.1) is 6.21 Å². The maximum atomic E-state index is 11.1. The van der Waals surface area contributed by atoms with Gasteiger partial charge in [-0.15, -0.1) is 0 Å². The number of hydrogen-bond acceptors (Lipinski definition) is 4. The Morgan fingerprint density at radius 2 is 2.25 bits per heavy atom. The molecule has 4 N–H and O–H groups in total. The molecule has 0 aliphatic heterocycles. The Kier molecular flexibility index (Phi) is 7.55. The number of carbonyl (C=O) groups excluding carboxylic acids is 1. The van der Waals surface area contributed by atoms with Gasteiger partial charge in [0.2, 0.25) is 0 Å². The minimum atomic E-state index is -1.20. The van der Waals surface area contributed by atoms with Crippen LogP contribution in [-0.4, -0.2) is 28.6 Å². The summed E-state index contributed by atoms with van der Waals surface area (Å²) in [6.07, 6.45) is 9.39. The molecule has 0 saturated heterocycles. The Hall–Kier alpha value is -2.24. The summed E-state index contributed by atoms with van der Waals surface area (Å²) in [6, 6.07) is 1.86. The Balaban J connectivity index is 2.68. The van der Waals surface area contributed by atoms with Crippen LogP contribution in [-0.2, 0) is 10.5 Å². The molecule has 0 aliphatic rings. The van der Waals surface area contributed by atoms with Crippen molar-refractivity contribution >= 4 is 17.6 Å². The van der Waals surface area contributed by atoms with E-state index >= 15 is 0 Å². The van der Waals surface area contributed by atoms with Gasteiger partial charge in [0.25, 0.3) is 0 Å². The van der Waals surface area contributed by atoms with Gasteiger partial charge < -0.3 is 15.5 Å². The average Bonchev–Trinajstić information content (AvgIpc) is 3.02. The summed E-state index contributed by atoms with van der Waals surface area (Å²) < 4.78 is 0. The minimum Gasteiger partial charge on any atom is -0.372 e. The van der Waals surface area contributed by atoms with Gasteiger partial charge in [-0.3, -0.25) is 10.1 Å². The zero-order valence-corrected chi connectivity index (χ0v) is 14.6. The lowest BCUT2D eigenvalue weighted by atomic mass is 10.1. The molecule has 1 rings (SSSR count). The van der Waals surface area contributed by atoms with Crippen LogP contribution in [0.5, 0.6) is 0 Å². The minimum absolute atomic E-state index is 0.208. The van der Waals surface area contributed by atoms with E-state index in [-0.39, 0.29) is 5.78 Å². The summed E-state index contributed by atoms with van der Waals surface area (Å²) in [5.41, 5.74) is 2.28. The summed E-state index contributed by atoms with van der Waals surface area (Å²) in [5, 5.41) is 20.4. The van der Waals surface area contributed by atoms with E-state index in [1.807, 2.05) is 38.1 Å². The number of H-pyrrole nitrogens is 1. The summed E-state index contributed by atoms with van der Waals surface area (Å²) in [7, 11) is 0. The van der Waals surface area contributed by atoms with Crippen LogP contribution in [0.2, 0.25) is 0 Å². The van der Waals surface area contributed by atoms with Crippen molar-refractivity contribution in [3.05, 3.63) is 53.9 Å². The lowest BCUT2D eigenvalue weighted by Crippen LogP contribution is -2.39. The van der Waals surface area contributed by atoms with Gasteiger partial charge >= 0.3 is 0 Å². The van der Waals surface area contributed by atoms with Crippen molar-refractivity contribution in [2.75, 3.05) is 6.54 Å². The highest BCUT2D eigenvalue weighted by molar-refractivity contribution is 6.26. The predicted octanol–water partition coefficient (Wildman–Crippen LogP) is 3.30. The third-order valence-corrected chi connectivity index (χ3v) is 3.65. The molecule has 24 heavy (non-hydrogen) atoms. The molecular weight excluding hydrogens is 302 g/mol. The topological polar surface area (TPSA) is 89.0 Å². The van der Waals surface area contributed by atoms with Gasteiger partial charge in [-0.1, -0.05) is 30.4 Å². The number of nitrogens with one attached hydrogen (secondary N) is 3. The smallest absolute Gasteiger partial charge is 0.173 e. The summed E-state index contributed by atoms with van der Waals surface area (Å²) >= 11 is 0. The Morgan fingerprint density at radius 1 is 1.54 bits per heavy atom. The molecule has 0 aliphatic carbocycles. The van der Waals surface area contributed by atoms with E-state index in [4.69, 9.17) is 5.41 Å². The third-order valence-electron chi connectivity index (χ3n) is 3.65. The number of rotatable bonds is 10. The second-order valence-electron chi connectivity index (χ2n) is 5.93. The molecule has 5 heteroatoms. The highest BCUT2D eigenvalue weighted by Crippen LogP contribution is 2.23. The molecule has 130 valence electrons. The first-order chi connectivity index (χ1) is 11.3. The number of aromatic nitrogens is 1. The maximum Gasteiger partial charge on any atom is 0.173 e. The normalized spacial score (nSPS) is 14.6. The van der Waals surface area contributed by atoms with Gasteiger partial charge in [-0.2, -0.15) is 0 Å². The Bertz CT molecular complexity index is 651. The first-order valence-corrected chi connectivity index (χ1v) is 8.00. The zero-order valence-electron chi connectivity index (χ0n) is 14.6. The van der Waals surface area contributed by atoms with E-state index in [0.29, 0.717) is 24.9 Å². The van der Waals surface area contributed by atoms with Crippen molar-refractivity contribution in [2.45, 2.75) is 39.3 Å². The summed E-state index contributed by atoms with van der Waals surface area (Å²) in [5.74, 6) is -0.208. The van der Waals surface area contributed by atoms with Crippen LogP contribution in [0.4, 0.5) is 0 Å². The van der Waals surface area contributed by atoms with E-state index in [9.17, 15) is 9.90 Å². The Morgan fingerprint density at radius 3 is 2.88 bits per heavy atom. The molecule has 0 spiro atoms. The van der Waals surface area contributed by atoms with Crippen LogP contribution in [0, 0.1) is 5.41 Å². The number of aliphatic hydroxyl groups is 1. The molecule has 1 atom stereocenters. The maximum absolute atomic E-state index is 11.1. The van der Waals surface area contributed by atoms with E-state index in [1.54, 1.807) is 13.1 Å². The van der Waals surface area contributed by atoms with E-state index in [1.165, 1.54) is 0 Å². The molecule has 1 aromatic heterocycles. The van der Waals surface area contributed by atoms with Crippen molar-refractivity contribution in [3.8, 4) is 0 Å². The van der Waals surface area contributed by atoms with Crippen molar-refractivity contribution < 1.29 is 9.90 Å². The number of hydrogen-bond donors (Lipinski definition) is 4. The second kappa shape index (κ2) is 9.15. The van der Waals surface area contributed by atoms with Crippen molar-refractivity contribution in [3.63, 3.8) is 0 Å². The number of ketones is 1. The van der Waals surface area contributed by atoms with Gasteiger partial charge in [-0.05, 0) is 45.4 Å². The summed E-state index contributed by atoms with van der Waals surface area (Å²) in [6.45, 7) is 10.2. The van der Waals surface area contributed by atoms with Gasteiger partial charge in [-0.25, -0.2) is 0 Å². The van der Waals surface area contributed by atoms with Crippen LogP contribution in [0.3, 0.4) is 0 Å². The molecule has 0 radical (unpaired) electrons. The van der Waals surface area contributed by atoms with Gasteiger partial charge in [0.1, 0.15) is 5.72 Å². The molecule has 0 fully saturated rings. The number of carbonyl (C=O) groups is 1. The molecule has 1 heterocycles. The Labute approximate surface area is 143 Å². The highest BCUT2D eigenvalue weighted by atomic mass is 16.3. The average molecular weight is 329 g/mol. The largest absolute Gasteiger partial charge is 0.372 e. The van der Waals surface area contributed by atoms with Crippen molar-refractivity contribution in [2.24, 2.45) is 0 Å². The van der Waals surface area contributed by atoms with Crippen LogP contribution in [0.15, 0.2) is 42.6 Å². The first-order valence-electron chi connectivity index (χ1n) is 8.00. The summed E-state index contributed by atoms with van der Waals surface area (Å²) in [4.78, 5) is 14.2. The fraction of sp³-hybridized carbons (Fsp3) is 0.368. The molecular formula is C19H27N3O2. The quantitative estimate of drug-likeness (QED) is 0.230. The third kappa shape index (κ3) is 6.10. The SMILES string of the molecule is C=C(/C=C(C)\C=C/C)c1cc(C(C)(O)NCCCC(=O)C=N)c[nH]1. The van der Waals surface area contributed by atoms with Crippen molar-refractivity contribution in [1.82, 2.24) is 10.3 Å². The number of Topliss-reactive ketones (excluding diaryl/α,β-unsaturated/α-hetero) is 1. The van der Waals surface area contributed by atoms with E-state index in [2.05, 4.69) is 16.9 Å². The second-order valence-corrected chi connectivity index (χ2v) is 5.93. The van der Waals surface area contributed by atoms with E-state index < -0.39 is 5.72 Å². The molecule has 0 amide bonds. The van der Waals surface area contributed by atoms with Crippen LogP contribution >= 0.6 is 0 Å². The molecule has 1 aromatic rings. The van der Waals surface area contributed by atoms with Gasteiger partial charge in [0.15, 0.2) is 5.78 Å². The first kappa shape index (κ1) is 19.8. The lowest BCUT2D eigenvalue weighted by molar-refractivity contribution is -0.112. The zero-order chi connectivity index (χ0) is 18.2. The van der Waals surface area contributed by atoms with Crippen molar-refractivity contribution in [1.29, 1.82) is 5.41 Å². The number of allylic oxidation sites excluding steroid dienone is 5. The molecule has 0 aromatic carbocycles. The fourth-order valence-corrected chi connectivity index (χ4v) is 2.29. The molecule has 0 bridgehead atoms. The van der Waals surface area contributed by atoms with Gasteiger partial charge in [0, 0.05) is 23.9 Å². The highest BCUT2D eigenvalue weighted by Gasteiger charge is 2.23. The standard InChI is InChI=1S/C19H27N3O2/c1-5-7-14(2)10-15(3)18-11-16(13-21-18)19(4,24)22-9-6-8-17(23)12-20/h5,7,10-13,20-22,24H,3,6,8-9H2,1-2,4H3/b7-5-,14-10-,20-12?. The van der Waals surface area contributed by atoms with Crippen LogP contribution < -0.4 is 5.32 Å². The number of aromatic amines is 1.